The van der Waals surface area contributed by atoms with Crippen LogP contribution in [0.15, 0.2) is 42.9 Å². The van der Waals surface area contributed by atoms with Gasteiger partial charge in [0.25, 0.3) is 5.91 Å². The molecule has 0 bridgehead atoms. The smallest absolute Gasteiger partial charge is 0.258 e. The second-order valence-electron chi connectivity index (χ2n) is 9.05. The third-order valence-corrected chi connectivity index (χ3v) is 6.21. The van der Waals surface area contributed by atoms with Crippen molar-refractivity contribution in [1.82, 2.24) is 15.0 Å². The highest BCUT2D eigenvalue weighted by Gasteiger charge is 2.31. The van der Waals surface area contributed by atoms with Gasteiger partial charge in [0.2, 0.25) is 0 Å². The maximum Gasteiger partial charge on any atom is 0.258 e. The lowest BCUT2D eigenvalue weighted by Gasteiger charge is -2.29. The fraction of sp³-hybridized carbons (Fsp3) is 0.346. The Hall–Kier alpha value is -3.55. The van der Waals surface area contributed by atoms with Crippen molar-refractivity contribution in [2.24, 2.45) is 5.92 Å². The normalized spacial score (nSPS) is 18.2. The van der Waals surface area contributed by atoms with E-state index in [9.17, 15) is 18.4 Å². The Morgan fingerprint density at radius 1 is 1.09 bits per heavy atom. The molecule has 34 heavy (non-hydrogen) atoms. The zero-order chi connectivity index (χ0) is 24.4. The van der Waals surface area contributed by atoms with Gasteiger partial charge in [-0.1, -0.05) is 20.8 Å². The Kier molecular flexibility index (Phi) is 6.77. The molecule has 1 fully saturated rings. The molecule has 2 heterocycles. The highest BCUT2D eigenvalue weighted by Crippen LogP contribution is 2.42. The van der Waals surface area contributed by atoms with E-state index in [2.05, 4.69) is 20.3 Å². The van der Waals surface area contributed by atoms with Crippen LogP contribution in [0.3, 0.4) is 0 Å². The summed E-state index contributed by atoms with van der Waals surface area (Å²) in [7, 11) is 0. The first-order chi connectivity index (χ1) is 16.2. The van der Waals surface area contributed by atoms with Crippen LogP contribution in [-0.2, 0) is 4.79 Å². The second kappa shape index (κ2) is 9.75. The molecule has 2 aromatic heterocycles. The van der Waals surface area contributed by atoms with E-state index in [1.807, 2.05) is 20.8 Å². The van der Waals surface area contributed by atoms with Gasteiger partial charge in [0.05, 0.1) is 16.9 Å². The lowest BCUT2D eigenvalue weighted by Crippen LogP contribution is -2.24. The Morgan fingerprint density at radius 3 is 2.50 bits per heavy atom. The van der Waals surface area contributed by atoms with Crippen LogP contribution >= 0.6 is 0 Å². The van der Waals surface area contributed by atoms with E-state index in [1.165, 1.54) is 18.6 Å². The van der Waals surface area contributed by atoms with Crippen molar-refractivity contribution >= 4 is 17.4 Å². The minimum atomic E-state index is -0.620. The molecular weight excluding hydrogens is 438 g/mol. The SMILES string of the molecule is CC(C)c1ncc(C(=O)Nc2c(-c3cc(F)ccc3F)ccnc2[C@@H]2CCC(=O)C[C@H]2C)cn1. The predicted molar refractivity (Wildman–Crippen MR) is 124 cm³/mol. The zero-order valence-corrected chi connectivity index (χ0v) is 19.3. The quantitative estimate of drug-likeness (QED) is 0.526. The molecule has 0 unspecified atom stereocenters. The Balaban J connectivity index is 1.79. The number of Topliss-reactive ketones (excluding diaryl/α,β-unsaturated/α-hetero) is 1. The maximum atomic E-state index is 14.8. The van der Waals surface area contributed by atoms with E-state index >= 15 is 0 Å². The van der Waals surface area contributed by atoms with Gasteiger partial charge >= 0.3 is 0 Å². The van der Waals surface area contributed by atoms with Gasteiger partial charge in [-0.15, -0.1) is 0 Å². The largest absolute Gasteiger partial charge is 0.320 e. The predicted octanol–water partition coefficient (Wildman–Crippen LogP) is 5.67. The van der Waals surface area contributed by atoms with Gasteiger partial charge in [-0.2, -0.15) is 0 Å². The van der Waals surface area contributed by atoms with Crippen molar-refractivity contribution in [3.05, 3.63) is 71.6 Å². The van der Waals surface area contributed by atoms with Crippen LogP contribution in [-0.4, -0.2) is 26.6 Å². The Labute approximate surface area is 196 Å². The number of amides is 1. The van der Waals surface area contributed by atoms with E-state index in [0.29, 0.717) is 42.0 Å². The van der Waals surface area contributed by atoms with Crippen LogP contribution in [0.2, 0.25) is 0 Å². The van der Waals surface area contributed by atoms with Crippen molar-refractivity contribution in [3.63, 3.8) is 0 Å². The van der Waals surface area contributed by atoms with Crippen LogP contribution < -0.4 is 5.32 Å². The summed E-state index contributed by atoms with van der Waals surface area (Å²) in [6.45, 7) is 5.86. The molecule has 1 aliphatic rings. The summed E-state index contributed by atoms with van der Waals surface area (Å²) in [5, 5.41) is 2.86. The molecule has 1 saturated carbocycles. The number of hydrogen-bond acceptors (Lipinski definition) is 5. The lowest BCUT2D eigenvalue weighted by molar-refractivity contribution is -0.121. The Bertz CT molecular complexity index is 1230. The molecule has 8 heteroatoms. The fourth-order valence-corrected chi connectivity index (χ4v) is 4.37. The van der Waals surface area contributed by atoms with Crippen molar-refractivity contribution in [2.45, 2.75) is 51.9 Å². The standard InChI is InChI=1S/C26H26F2N4O2/c1-14(2)25-30-12-16(13-31-25)26(34)32-24-20(21-11-17(27)4-7-22(21)28)8-9-29-23(24)19-6-5-18(33)10-15(19)3/h4,7-9,11-15,19H,5-6,10H2,1-3H3,(H,32,34)/t15-,19-/m1/s1. The van der Waals surface area contributed by atoms with E-state index in [-0.39, 0.29) is 34.7 Å². The number of benzene rings is 1. The van der Waals surface area contributed by atoms with Gasteiger partial charge < -0.3 is 5.32 Å². The van der Waals surface area contributed by atoms with Crippen molar-refractivity contribution in [3.8, 4) is 11.1 Å². The molecule has 1 amide bonds. The number of halogens is 2. The molecule has 4 rings (SSSR count). The number of hydrogen-bond donors (Lipinski definition) is 1. The third kappa shape index (κ3) is 4.85. The van der Waals surface area contributed by atoms with Crippen LogP contribution in [0.4, 0.5) is 14.5 Å². The van der Waals surface area contributed by atoms with Gasteiger partial charge in [-0.25, -0.2) is 18.7 Å². The highest BCUT2D eigenvalue weighted by atomic mass is 19.1. The van der Waals surface area contributed by atoms with Crippen LogP contribution in [0.25, 0.3) is 11.1 Å². The third-order valence-electron chi connectivity index (χ3n) is 6.21. The minimum absolute atomic E-state index is 0.00864. The van der Waals surface area contributed by atoms with E-state index in [1.54, 1.807) is 6.07 Å². The van der Waals surface area contributed by atoms with Crippen LogP contribution in [0.5, 0.6) is 0 Å². The summed E-state index contributed by atoms with van der Waals surface area (Å²) in [6.07, 6.45) is 5.79. The van der Waals surface area contributed by atoms with Gasteiger partial charge in [-0.05, 0) is 36.6 Å². The summed E-state index contributed by atoms with van der Waals surface area (Å²) in [6, 6.07) is 4.74. The average molecular weight is 465 g/mol. The fourth-order valence-electron chi connectivity index (χ4n) is 4.37. The van der Waals surface area contributed by atoms with E-state index < -0.39 is 17.5 Å². The highest BCUT2D eigenvalue weighted by molar-refractivity contribution is 6.06. The Morgan fingerprint density at radius 2 is 1.82 bits per heavy atom. The summed E-state index contributed by atoms with van der Waals surface area (Å²) in [4.78, 5) is 38.1. The lowest BCUT2D eigenvalue weighted by atomic mass is 9.77. The first kappa shape index (κ1) is 23.6. The molecule has 1 aromatic carbocycles. The van der Waals surface area contributed by atoms with Crippen LogP contribution in [0, 0.1) is 17.6 Å². The minimum Gasteiger partial charge on any atom is -0.320 e. The van der Waals surface area contributed by atoms with Gasteiger partial charge in [0.1, 0.15) is 23.2 Å². The van der Waals surface area contributed by atoms with Gasteiger partial charge in [0, 0.05) is 54.4 Å². The molecule has 0 radical (unpaired) electrons. The van der Waals surface area contributed by atoms with E-state index in [0.717, 1.165) is 18.2 Å². The number of rotatable bonds is 5. The van der Waals surface area contributed by atoms with Gasteiger partial charge in [-0.3, -0.25) is 14.6 Å². The first-order valence-corrected chi connectivity index (χ1v) is 11.3. The number of ketones is 1. The first-order valence-electron chi connectivity index (χ1n) is 11.3. The van der Waals surface area contributed by atoms with Crippen molar-refractivity contribution in [1.29, 1.82) is 0 Å². The molecule has 3 aromatic rings. The number of carbonyl (C=O) groups is 2. The number of nitrogens with zero attached hydrogens (tertiary/aromatic N) is 3. The maximum absolute atomic E-state index is 14.8. The average Bonchev–Trinajstić information content (AvgIpc) is 2.81. The molecule has 2 atom stereocenters. The molecule has 0 spiro atoms. The zero-order valence-electron chi connectivity index (χ0n) is 19.3. The number of pyridine rings is 1. The number of anilines is 1. The number of carbonyl (C=O) groups excluding carboxylic acids is 2. The molecule has 6 nitrogen and oxygen atoms in total. The molecule has 0 aliphatic heterocycles. The molecule has 1 N–H and O–H groups in total. The molecule has 1 aliphatic carbocycles. The number of aromatic nitrogens is 3. The van der Waals surface area contributed by atoms with Gasteiger partial charge in [0.15, 0.2) is 0 Å². The van der Waals surface area contributed by atoms with Crippen molar-refractivity contribution < 1.29 is 18.4 Å². The molecule has 176 valence electrons. The topological polar surface area (TPSA) is 84.8 Å². The van der Waals surface area contributed by atoms with Crippen LogP contribution in [0.1, 0.15) is 73.7 Å². The summed E-state index contributed by atoms with van der Waals surface area (Å²) < 4.78 is 28.8. The summed E-state index contributed by atoms with van der Waals surface area (Å²) in [5.41, 5.74) is 1.42. The molecule has 0 saturated heterocycles. The monoisotopic (exact) mass is 464 g/mol. The van der Waals surface area contributed by atoms with Crippen molar-refractivity contribution in [2.75, 3.05) is 5.32 Å². The molecular formula is C26H26F2N4O2. The number of nitrogens with one attached hydrogen (secondary N) is 1. The summed E-state index contributed by atoms with van der Waals surface area (Å²) >= 11 is 0. The summed E-state index contributed by atoms with van der Waals surface area (Å²) in [5.74, 6) is -0.921. The second-order valence-corrected chi connectivity index (χ2v) is 9.05. The van der Waals surface area contributed by atoms with E-state index in [4.69, 9.17) is 0 Å².